The summed E-state index contributed by atoms with van der Waals surface area (Å²) < 4.78 is 44.0. The zero-order valence-electron chi connectivity index (χ0n) is 16.3. The predicted octanol–water partition coefficient (Wildman–Crippen LogP) is 5.21. The standard InChI is InChI=1S/C20H25F3N2O2/c1-12-6-16(24-9-15(12)20(21,22)23)13(2)14-7-19(8-14)10-25(11-19)17(26)27-18(3,4)5/h6,9H,7-8,10-11H2,1-5H3. The van der Waals surface area contributed by atoms with Gasteiger partial charge in [0, 0.05) is 24.7 Å². The smallest absolute Gasteiger partial charge is 0.418 e. The highest BCUT2D eigenvalue weighted by molar-refractivity contribution is 5.71. The number of hydrogen-bond acceptors (Lipinski definition) is 3. The van der Waals surface area contributed by atoms with Crippen LogP contribution in [0.4, 0.5) is 18.0 Å². The topological polar surface area (TPSA) is 42.4 Å². The van der Waals surface area contributed by atoms with Crippen molar-refractivity contribution >= 4 is 11.7 Å². The van der Waals surface area contributed by atoms with E-state index in [-0.39, 0.29) is 17.1 Å². The number of rotatable bonds is 1. The average Bonchev–Trinajstić information content (AvgIpc) is 2.40. The van der Waals surface area contributed by atoms with Crippen LogP contribution in [-0.2, 0) is 10.9 Å². The van der Waals surface area contributed by atoms with Gasteiger partial charge in [-0.05, 0) is 64.7 Å². The number of allylic oxidation sites excluding steroid dienone is 2. The summed E-state index contributed by atoms with van der Waals surface area (Å²) in [7, 11) is 0. The van der Waals surface area contributed by atoms with Crippen molar-refractivity contribution in [2.24, 2.45) is 5.41 Å². The van der Waals surface area contributed by atoms with E-state index in [1.165, 1.54) is 18.6 Å². The van der Waals surface area contributed by atoms with Crippen LogP contribution < -0.4 is 0 Å². The van der Waals surface area contributed by atoms with Gasteiger partial charge in [0.1, 0.15) is 5.60 Å². The van der Waals surface area contributed by atoms with E-state index in [1.54, 1.807) is 4.90 Å². The number of aromatic nitrogens is 1. The highest BCUT2D eigenvalue weighted by Gasteiger charge is 2.52. The minimum absolute atomic E-state index is 0.0917. The monoisotopic (exact) mass is 382 g/mol. The van der Waals surface area contributed by atoms with E-state index in [9.17, 15) is 18.0 Å². The minimum Gasteiger partial charge on any atom is -0.444 e. The second kappa shape index (κ2) is 6.24. The van der Waals surface area contributed by atoms with Crippen LogP contribution in [0.25, 0.3) is 5.57 Å². The zero-order chi connectivity index (χ0) is 20.2. The van der Waals surface area contributed by atoms with Crippen LogP contribution in [-0.4, -0.2) is 34.7 Å². The summed E-state index contributed by atoms with van der Waals surface area (Å²) in [5.41, 5.74) is 1.80. The van der Waals surface area contributed by atoms with Crippen LogP contribution in [0.5, 0.6) is 0 Å². The van der Waals surface area contributed by atoms with E-state index in [0.29, 0.717) is 18.8 Å². The van der Waals surface area contributed by atoms with E-state index in [1.807, 2.05) is 27.7 Å². The molecule has 1 saturated carbocycles. The Morgan fingerprint density at radius 3 is 2.30 bits per heavy atom. The van der Waals surface area contributed by atoms with Crippen LogP contribution in [0.15, 0.2) is 17.8 Å². The Hall–Kier alpha value is -2.05. The molecule has 1 saturated heterocycles. The van der Waals surface area contributed by atoms with E-state index >= 15 is 0 Å². The summed E-state index contributed by atoms with van der Waals surface area (Å²) in [4.78, 5) is 17.8. The molecule has 2 aliphatic rings. The number of alkyl halides is 3. The first-order valence-corrected chi connectivity index (χ1v) is 9.00. The van der Waals surface area contributed by atoms with Crippen LogP contribution in [0.3, 0.4) is 0 Å². The van der Waals surface area contributed by atoms with Gasteiger partial charge in [-0.3, -0.25) is 4.98 Å². The molecule has 0 atom stereocenters. The highest BCUT2D eigenvalue weighted by Crippen LogP contribution is 2.53. The van der Waals surface area contributed by atoms with Gasteiger partial charge in [-0.25, -0.2) is 4.79 Å². The molecule has 148 valence electrons. The summed E-state index contributed by atoms with van der Waals surface area (Å²) in [5.74, 6) is 0. The molecule has 1 aromatic rings. The second-order valence-electron chi connectivity index (χ2n) is 8.80. The van der Waals surface area contributed by atoms with Crippen molar-refractivity contribution in [1.29, 1.82) is 0 Å². The predicted molar refractivity (Wildman–Crippen MR) is 96.0 cm³/mol. The third kappa shape index (κ3) is 3.96. The Balaban J connectivity index is 1.63. The summed E-state index contributed by atoms with van der Waals surface area (Å²) in [6, 6.07) is 1.50. The van der Waals surface area contributed by atoms with Crippen LogP contribution >= 0.6 is 0 Å². The van der Waals surface area contributed by atoms with Gasteiger partial charge in [0.15, 0.2) is 0 Å². The lowest BCUT2D eigenvalue weighted by Gasteiger charge is -2.57. The minimum atomic E-state index is -4.38. The number of aryl methyl sites for hydroxylation is 1. The van der Waals surface area contributed by atoms with Gasteiger partial charge in [0.2, 0.25) is 0 Å². The molecule has 0 radical (unpaired) electrons. The van der Waals surface area contributed by atoms with Gasteiger partial charge >= 0.3 is 12.3 Å². The molecular formula is C20H25F3N2O2. The zero-order valence-corrected chi connectivity index (χ0v) is 16.3. The Labute approximate surface area is 157 Å². The summed E-state index contributed by atoms with van der Waals surface area (Å²) in [6.07, 6.45) is -2.06. The maximum Gasteiger partial charge on any atom is 0.418 e. The summed E-state index contributed by atoms with van der Waals surface area (Å²) in [5, 5.41) is 0. The molecule has 27 heavy (non-hydrogen) atoms. The number of pyridine rings is 1. The average molecular weight is 382 g/mol. The Kier molecular flexibility index (Phi) is 4.56. The van der Waals surface area contributed by atoms with Crippen molar-refractivity contribution in [2.45, 2.75) is 59.2 Å². The molecule has 2 heterocycles. The quantitative estimate of drug-likeness (QED) is 0.669. The van der Waals surface area contributed by atoms with E-state index < -0.39 is 17.3 Å². The first-order chi connectivity index (χ1) is 12.3. The van der Waals surface area contributed by atoms with Crippen molar-refractivity contribution in [3.8, 4) is 0 Å². The molecule has 3 rings (SSSR count). The first kappa shape index (κ1) is 19.7. The SMILES string of the molecule is CC(=C1CC2(C1)CN(C(=O)OC(C)(C)C)C2)c1cc(C)c(C(F)(F)F)cn1. The molecule has 1 aromatic heterocycles. The fraction of sp³-hybridized carbons (Fsp3) is 0.600. The number of likely N-dealkylation sites (tertiary alicyclic amines) is 1. The van der Waals surface area contributed by atoms with E-state index in [0.717, 1.165) is 24.6 Å². The Bertz CT molecular complexity index is 790. The maximum absolute atomic E-state index is 12.9. The normalized spacial score (nSPS) is 18.8. The van der Waals surface area contributed by atoms with Crippen molar-refractivity contribution in [3.05, 3.63) is 34.7 Å². The number of hydrogen-bond donors (Lipinski definition) is 0. The van der Waals surface area contributed by atoms with Gasteiger partial charge in [-0.15, -0.1) is 0 Å². The van der Waals surface area contributed by atoms with Gasteiger partial charge in [-0.1, -0.05) is 5.57 Å². The molecule has 4 nitrogen and oxygen atoms in total. The molecule has 0 unspecified atom stereocenters. The first-order valence-electron chi connectivity index (χ1n) is 9.00. The number of amides is 1. The number of halogens is 3. The van der Waals surface area contributed by atoms with Gasteiger partial charge in [0.05, 0.1) is 11.3 Å². The van der Waals surface area contributed by atoms with Crippen molar-refractivity contribution in [2.75, 3.05) is 13.1 Å². The van der Waals surface area contributed by atoms with Gasteiger partial charge in [0.25, 0.3) is 0 Å². The molecular weight excluding hydrogens is 357 g/mol. The second-order valence-corrected chi connectivity index (χ2v) is 8.80. The fourth-order valence-corrected chi connectivity index (χ4v) is 3.80. The highest BCUT2D eigenvalue weighted by atomic mass is 19.4. The number of carbonyl (C=O) groups excluding carboxylic acids is 1. The van der Waals surface area contributed by atoms with Gasteiger partial charge in [-0.2, -0.15) is 13.2 Å². The Morgan fingerprint density at radius 2 is 1.81 bits per heavy atom. The number of carbonyl (C=O) groups is 1. The van der Waals surface area contributed by atoms with Gasteiger partial charge < -0.3 is 9.64 Å². The summed E-state index contributed by atoms with van der Waals surface area (Å²) in [6.45, 7) is 10.2. The maximum atomic E-state index is 12.9. The molecule has 2 fully saturated rings. The molecule has 1 spiro atoms. The lowest BCUT2D eigenvalue weighted by atomic mass is 9.59. The van der Waals surface area contributed by atoms with E-state index in [2.05, 4.69) is 4.98 Å². The van der Waals surface area contributed by atoms with Crippen LogP contribution in [0.2, 0.25) is 0 Å². The fourth-order valence-electron chi connectivity index (χ4n) is 3.80. The Morgan fingerprint density at radius 1 is 1.22 bits per heavy atom. The molecule has 1 aliphatic carbocycles. The molecule has 1 aliphatic heterocycles. The molecule has 0 N–H and O–H groups in total. The van der Waals surface area contributed by atoms with Crippen LogP contribution in [0.1, 0.15) is 57.4 Å². The largest absolute Gasteiger partial charge is 0.444 e. The number of ether oxygens (including phenoxy) is 1. The van der Waals surface area contributed by atoms with E-state index in [4.69, 9.17) is 4.74 Å². The number of nitrogens with zero attached hydrogens (tertiary/aromatic N) is 2. The molecule has 0 aromatic carbocycles. The molecule has 7 heteroatoms. The third-order valence-corrected chi connectivity index (χ3v) is 5.21. The van der Waals surface area contributed by atoms with Crippen molar-refractivity contribution in [3.63, 3.8) is 0 Å². The van der Waals surface area contributed by atoms with Crippen molar-refractivity contribution < 1.29 is 22.7 Å². The van der Waals surface area contributed by atoms with Crippen LogP contribution in [0, 0.1) is 12.3 Å². The molecule has 0 bridgehead atoms. The third-order valence-electron chi connectivity index (χ3n) is 5.21. The lowest BCUT2D eigenvalue weighted by Crippen LogP contribution is -2.62. The van der Waals surface area contributed by atoms with Crippen molar-refractivity contribution in [1.82, 2.24) is 9.88 Å². The summed E-state index contributed by atoms with van der Waals surface area (Å²) >= 11 is 0. The molecule has 1 amide bonds. The lowest BCUT2D eigenvalue weighted by molar-refractivity contribution is -0.138.